The Balaban J connectivity index is 1.81. The third kappa shape index (κ3) is 3.28. The van der Waals surface area contributed by atoms with Crippen LogP contribution in [0.25, 0.3) is 0 Å². The molecule has 0 saturated carbocycles. The Morgan fingerprint density at radius 1 is 1.21 bits per heavy atom. The van der Waals surface area contributed by atoms with Gasteiger partial charge in [-0.05, 0) is 31.4 Å². The van der Waals surface area contributed by atoms with E-state index in [4.69, 9.17) is 0 Å². The lowest BCUT2D eigenvalue weighted by molar-refractivity contribution is -0.118. The highest BCUT2D eigenvalue weighted by Gasteiger charge is 2.34. The van der Waals surface area contributed by atoms with Gasteiger partial charge in [-0.3, -0.25) is 4.79 Å². The molecule has 7 heteroatoms. The highest BCUT2D eigenvalue weighted by Crippen LogP contribution is 2.38. The fourth-order valence-corrected chi connectivity index (χ4v) is 4.32. The maximum Gasteiger partial charge on any atom is 0.228 e. The standard InChI is InChI=1S/C17H25N3O3S/c1-18(2)24(22,23)12-10-17(21)20-13-14-7-5-6-11-19(14)15-8-3-4-9-16(15)20/h3-4,8-9,14H,5-7,10-13H2,1-2H3. The van der Waals surface area contributed by atoms with Crippen LogP contribution in [0, 0.1) is 0 Å². The minimum absolute atomic E-state index is 0.0154. The van der Waals surface area contributed by atoms with Crippen LogP contribution in [-0.2, 0) is 14.8 Å². The molecule has 1 atom stereocenters. The highest BCUT2D eigenvalue weighted by atomic mass is 32.2. The summed E-state index contributed by atoms with van der Waals surface area (Å²) in [5, 5.41) is 0. The fraction of sp³-hybridized carbons (Fsp3) is 0.588. The lowest BCUT2D eigenvalue weighted by atomic mass is 9.97. The van der Waals surface area contributed by atoms with E-state index in [9.17, 15) is 13.2 Å². The second-order valence-corrected chi connectivity index (χ2v) is 8.99. The van der Waals surface area contributed by atoms with Crippen LogP contribution in [0.4, 0.5) is 11.4 Å². The maximum absolute atomic E-state index is 12.7. The van der Waals surface area contributed by atoms with Crippen LogP contribution in [0.5, 0.6) is 0 Å². The smallest absolute Gasteiger partial charge is 0.228 e. The van der Waals surface area contributed by atoms with E-state index in [0.29, 0.717) is 12.6 Å². The summed E-state index contributed by atoms with van der Waals surface area (Å²) >= 11 is 0. The number of piperidine rings is 1. The summed E-state index contributed by atoms with van der Waals surface area (Å²) in [5.41, 5.74) is 2.00. The molecule has 0 aromatic heterocycles. The molecular weight excluding hydrogens is 326 g/mol. The molecule has 1 aromatic carbocycles. The summed E-state index contributed by atoms with van der Waals surface area (Å²) in [6.45, 7) is 1.68. The lowest BCUT2D eigenvalue weighted by Crippen LogP contribution is -2.53. The summed E-state index contributed by atoms with van der Waals surface area (Å²) in [5.74, 6) is -0.260. The molecule has 0 aliphatic carbocycles. The first-order chi connectivity index (χ1) is 11.4. The summed E-state index contributed by atoms with van der Waals surface area (Å²) < 4.78 is 25.1. The average Bonchev–Trinajstić information content (AvgIpc) is 2.59. The van der Waals surface area contributed by atoms with Crippen molar-refractivity contribution >= 4 is 27.3 Å². The van der Waals surface area contributed by atoms with Crippen LogP contribution in [0.2, 0.25) is 0 Å². The first-order valence-electron chi connectivity index (χ1n) is 8.46. The normalized spacial score (nSPS) is 20.7. The number of anilines is 2. The van der Waals surface area contributed by atoms with Gasteiger partial charge in [0.15, 0.2) is 0 Å². The third-order valence-corrected chi connectivity index (χ3v) is 6.77. The Bertz CT molecular complexity index is 718. The number of rotatable bonds is 4. The molecule has 0 radical (unpaired) electrons. The number of para-hydroxylation sites is 2. The number of fused-ring (bicyclic) bond motifs is 3. The fourth-order valence-electron chi connectivity index (χ4n) is 3.52. The van der Waals surface area contributed by atoms with Crippen LogP contribution in [0.1, 0.15) is 25.7 Å². The van der Waals surface area contributed by atoms with Gasteiger partial charge in [0.25, 0.3) is 0 Å². The zero-order valence-corrected chi connectivity index (χ0v) is 15.1. The molecular formula is C17H25N3O3S. The summed E-state index contributed by atoms with van der Waals surface area (Å²) in [6.07, 6.45) is 3.45. The van der Waals surface area contributed by atoms with Gasteiger partial charge < -0.3 is 9.80 Å². The Morgan fingerprint density at radius 2 is 1.92 bits per heavy atom. The van der Waals surface area contributed by atoms with Gasteiger partial charge in [-0.15, -0.1) is 0 Å². The van der Waals surface area contributed by atoms with Crippen molar-refractivity contribution in [2.24, 2.45) is 0 Å². The van der Waals surface area contributed by atoms with Crippen LogP contribution >= 0.6 is 0 Å². The molecule has 0 bridgehead atoms. The molecule has 132 valence electrons. The molecule has 0 spiro atoms. The largest absolute Gasteiger partial charge is 0.365 e. The van der Waals surface area contributed by atoms with E-state index in [0.717, 1.165) is 24.3 Å². The Morgan fingerprint density at radius 3 is 2.62 bits per heavy atom. The molecule has 1 amide bonds. The van der Waals surface area contributed by atoms with Gasteiger partial charge in [-0.25, -0.2) is 12.7 Å². The molecule has 1 aromatic rings. The minimum Gasteiger partial charge on any atom is -0.365 e. The quantitative estimate of drug-likeness (QED) is 0.828. The average molecular weight is 351 g/mol. The van der Waals surface area contributed by atoms with E-state index in [-0.39, 0.29) is 18.1 Å². The number of sulfonamides is 1. The Hall–Kier alpha value is -1.60. The van der Waals surface area contributed by atoms with E-state index in [2.05, 4.69) is 11.0 Å². The second-order valence-electron chi connectivity index (χ2n) is 6.68. The Labute approximate surface area is 144 Å². The van der Waals surface area contributed by atoms with Gasteiger partial charge in [0.05, 0.1) is 17.1 Å². The first-order valence-corrected chi connectivity index (χ1v) is 10.1. The number of hydrogen-bond acceptors (Lipinski definition) is 4. The molecule has 3 rings (SSSR count). The Kier molecular flexibility index (Phi) is 4.83. The number of amides is 1. The summed E-state index contributed by atoms with van der Waals surface area (Å²) in [4.78, 5) is 16.9. The number of hydrogen-bond donors (Lipinski definition) is 0. The molecule has 2 aliphatic rings. The van der Waals surface area contributed by atoms with Crippen LogP contribution in [0.15, 0.2) is 24.3 Å². The van der Waals surface area contributed by atoms with Crippen molar-refractivity contribution in [3.05, 3.63) is 24.3 Å². The zero-order chi connectivity index (χ0) is 17.3. The topological polar surface area (TPSA) is 60.9 Å². The van der Waals surface area contributed by atoms with Crippen molar-refractivity contribution < 1.29 is 13.2 Å². The van der Waals surface area contributed by atoms with E-state index in [1.54, 1.807) is 4.90 Å². The van der Waals surface area contributed by atoms with Gasteiger partial charge >= 0.3 is 0 Å². The van der Waals surface area contributed by atoms with Gasteiger partial charge in [0, 0.05) is 39.6 Å². The molecule has 24 heavy (non-hydrogen) atoms. The molecule has 6 nitrogen and oxygen atoms in total. The van der Waals surface area contributed by atoms with E-state index < -0.39 is 10.0 Å². The number of benzene rings is 1. The van der Waals surface area contributed by atoms with Gasteiger partial charge in [0.2, 0.25) is 15.9 Å². The minimum atomic E-state index is -3.36. The molecule has 2 aliphatic heterocycles. The van der Waals surface area contributed by atoms with Gasteiger partial charge in [-0.2, -0.15) is 0 Å². The van der Waals surface area contributed by atoms with Crippen molar-refractivity contribution in [1.29, 1.82) is 0 Å². The number of nitrogens with zero attached hydrogens (tertiary/aromatic N) is 3. The number of carbonyl (C=O) groups is 1. The molecule has 2 heterocycles. The van der Waals surface area contributed by atoms with E-state index >= 15 is 0 Å². The zero-order valence-electron chi connectivity index (χ0n) is 14.3. The monoisotopic (exact) mass is 351 g/mol. The van der Waals surface area contributed by atoms with Crippen LogP contribution in [0.3, 0.4) is 0 Å². The van der Waals surface area contributed by atoms with Gasteiger partial charge in [0.1, 0.15) is 0 Å². The molecule has 1 fully saturated rings. The van der Waals surface area contributed by atoms with Crippen LogP contribution in [-0.4, -0.2) is 57.6 Å². The van der Waals surface area contributed by atoms with Crippen LogP contribution < -0.4 is 9.80 Å². The van der Waals surface area contributed by atoms with Crippen molar-refractivity contribution in [2.45, 2.75) is 31.7 Å². The maximum atomic E-state index is 12.7. The first kappa shape index (κ1) is 17.2. The van der Waals surface area contributed by atoms with E-state index in [1.807, 2.05) is 18.2 Å². The van der Waals surface area contributed by atoms with Crippen molar-refractivity contribution in [3.63, 3.8) is 0 Å². The summed E-state index contributed by atoms with van der Waals surface area (Å²) in [7, 11) is -0.365. The van der Waals surface area contributed by atoms with E-state index in [1.165, 1.54) is 31.2 Å². The predicted octanol–water partition coefficient (Wildman–Crippen LogP) is 1.67. The second kappa shape index (κ2) is 6.72. The summed E-state index contributed by atoms with van der Waals surface area (Å²) in [6, 6.07) is 8.28. The van der Waals surface area contributed by atoms with Gasteiger partial charge in [-0.1, -0.05) is 12.1 Å². The lowest BCUT2D eigenvalue weighted by Gasteiger charge is -2.46. The third-order valence-electron chi connectivity index (χ3n) is 4.93. The molecule has 1 saturated heterocycles. The predicted molar refractivity (Wildman–Crippen MR) is 95.9 cm³/mol. The highest BCUT2D eigenvalue weighted by molar-refractivity contribution is 7.89. The molecule has 0 N–H and O–H groups in total. The molecule has 1 unspecified atom stereocenters. The van der Waals surface area contributed by atoms with Crippen molar-refractivity contribution in [1.82, 2.24) is 4.31 Å². The number of carbonyl (C=O) groups excluding carboxylic acids is 1. The SMILES string of the molecule is CN(C)S(=O)(=O)CCC(=O)N1CC2CCCCN2c2ccccc21. The van der Waals surface area contributed by atoms with Crippen molar-refractivity contribution in [3.8, 4) is 0 Å². The van der Waals surface area contributed by atoms with Crippen molar-refractivity contribution in [2.75, 3.05) is 42.7 Å².